The molecule has 0 saturated heterocycles. The molecule has 0 atom stereocenters. The zero-order valence-corrected chi connectivity index (χ0v) is 12.8. The van der Waals surface area contributed by atoms with Gasteiger partial charge in [-0.15, -0.1) is 0 Å². The molecule has 0 aliphatic rings. The molecule has 3 rings (SSSR count). The fourth-order valence-corrected chi connectivity index (χ4v) is 2.87. The van der Waals surface area contributed by atoms with Gasteiger partial charge in [0.05, 0.1) is 6.20 Å². The third-order valence-electron chi connectivity index (χ3n) is 3.28. The highest BCUT2D eigenvalue weighted by atomic mass is 79.9. The van der Waals surface area contributed by atoms with Crippen LogP contribution in [0.5, 0.6) is 5.75 Å². The maximum absolute atomic E-state index is 5.95. The van der Waals surface area contributed by atoms with Gasteiger partial charge in [-0.05, 0) is 16.8 Å². The summed E-state index contributed by atoms with van der Waals surface area (Å²) < 4.78 is 7.73. The van der Waals surface area contributed by atoms with Gasteiger partial charge < -0.3 is 4.74 Å². The lowest BCUT2D eigenvalue weighted by molar-refractivity contribution is 0.304. The van der Waals surface area contributed by atoms with E-state index in [-0.39, 0.29) is 0 Å². The molecule has 2 aromatic carbocycles. The second-order valence-corrected chi connectivity index (χ2v) is 5.27. The van der Waals surface area contributed by atoms with Gasteiger partial charge in [0.1, 0.15) is 12.4 Å². The van der Waals surface area contributed by atoms with Gasteiger partial charge in [0.2, 0.25) is 0 Å². The van der Waals surface area contributed by atoms with Crippen molar-refractivity contribution in [2.45, 2.75) is 11.9 Å². The van der Waals surface area contributed by atoms with Gasteiger partial charge in [0.25, 0.3) is 0 Å². The van der Waals surface area contributed by atoms with E-state index in [1.807, 2.05) is 25.5 Å². The molecular weight excluding hydrogens is 316 g/mol. The molecule has 0 bridgehead atoms. The summed E-state index contributed by atoms with van der Waals surface area (Å²) in [5, 5.41) is 7.39. The van der Waals surface area contributed by atoms with Crippen LogP contribution < -0.4 is 4.74 Å². The molecule has 0 amide bonds. The molecule has 102 valence electrons. The van der Waals surface area contributed by atoms with E-state index in [0.29, 0.717) is 6.61 Å². The number of nitrogens with zero attached hydrogens (tertiary/aromatic N) is 2. The van der Waals surface area contributed by atoms with Gasteiger partial charge in [-0.3, -0.25) is 4.68 Å². The topological polar surface area (TPSA) is 27.1 Å². The highest BCUT2D eigenvalue weighted by Gasteiger charge is 2.08. The van der Waals surface area contributed by atoms with Crippen LogP contribution in [0, 0.1) is 0 Å². The number of aryl methyl sites for hydroxylation is 1. The summed E-state index contributed by atoms with van der Waals surface area (Å²) in [6.45, 7) is 0.534. The van der Waals surface area contributed by atoms with E-state index in [4.69, 9.17) is 4.74 Å². The Morgan fingerprint density at radius 2 is 2.05 bits per heavy atom. The second kappa shape index (κ2) is 5.67. The van der Waals surface area contributed by atoms with E-state index >= 15 is 0 Å². The lowest BCUT2D eigenvalue weighted by Gasteiger charge is -2.12. The van der Waals surface area contributed by atoms with Crippen LogP contribution >= 0.6 is 15.9 Å². The molecule has 0 aliphatic carbocycles. The van der Waals surface area contributed by atoms with Crippen molar-refractivity contribution in [1.29, 1.82) is 0 Å². The second-order valence-electron chi connectivity index (χ2n) is 4.71. The monoisotopic (exact) mass is 330 g/mol. The van der Waals surface area contributed by atoms with Crippen LogP contribution in [0.2, 0.25) is 0 Å². The largest absolute Gasteiger partial charge is 0.488 e. The number of aromatic nitrogens is 2. The maximum Gasteiger partial charge on any atom is 0.124 e. The Balaban J connectivity index is 1.91. The minimum absolute atomic E-state index is 0.534. The SMILES string of the molecule is Cn1cc(COc2ccc3ccccc3c2CBr)cn1. The molecule has 0 fully saturated rings. The Bertz CT molecular complexity index is 736. The summed E-state index contributed by atoms with van der Waals surface area (Å²) in [5.41, 5.74) is 2.26. The number of ether oxygens (including phenoxy) is 1. The van der Waals surface area contributed by atoms with E-state index in [9.17, 15) is 0 Å². The summed E-state index contributed by atoms with van der Waals surface area (Å²) in [5.74, 6) is 0.921. The Hall–Kier alpha value is -1.81. The Morgan fingerprint density at radius 1 is 1.20 bits per heavy atom. The first kappa shape index (κ1) is 13.2. The van der Waals surface area contributed by atoms with Crippen molar-refractivity contribution >= 4 is 26.7 Å². The van der Waals surface area contributed by atoms with E-state index in [2.05, 4.69) is 51.4 Å². The van der Waals surface area contributed by atoms with Crippen LogP contribution in [0.25, 0.3) is 10.8 Å². The molecule has 3 nitrogen and oxygen atoms in total. The van der Waals surface area contributed by atoms with Gasteiger partial charge >= 0.3 is 0 Å². The highest BCUT2D eigenvalue weighted by Crippen LogP contribution is 2.30. The zero-order valence-electron chi connectivity index (χ0n) is 11.2. The average Bonchev–Trinajstić information content (AvgIpc) is 2.90. The molecule has 4 heteroatoms. The van der Waals surface area contributed by atoms with E-state index < -0.39 is 0 Å². The van der Waals surface area contributed by atoms with Crippen LogP contribution in [0.3, 0.4) is 0 Å². The summed E-state index contributed by atoms with van der Waals surface area (Å²) >= 11 is 3.56. The third kappa shape index (κ3) is 2.56. The van der Waals surface area contributed by atoms with Crippen molar-refractivity contribution < 1.29 is 4.74 Å². The average molecular weight is 331 g/mol. The Kier molecular flexibility index (Phi) is 3.74. The first-order valence-corrected chi connectivity index (χ1v) is 7.57. The van der Waals surface area contributed by atoms with Crippen LogP contribution in [-0.2, 0) is 19.0 Å². The van der Waals surface area contributed by atoms with Gasteiger partial charge in [-0.1, -0.05) is 46.3 Å². The third-order valence-corrected chi connectivity index (χ3v) is 3.84. The number of hydrogen-bond donors (Lipinski definition) is 0. The Labute approximate surface area is 126 Å². The van der Waals surface area contributed by atoms with Crippen molar-refractivity contribution in [3.8, 4) is 5.75 Å². The molecule has 0 aliphatic heterocycles. The van der Waals surface area contributed by atoms with Gasteiger partial charge in [0.15, 0.2) is 0 Å². The number of alkyl halides is 1. The van der Waals surface area contributed by atoms with Crippen molar-refractivity contribution in [2.75, 3.05) is 0 Å². The standard InChI is InChI=1S/C16H15BrN2O/c1-19-10-12(9-18-19)11-20-16-7-6-13-4-2-3-5-14(13)15(16)8-17/h2-7,9-10H,8,11H2,1H3. The zero-order chi connectivity index (χ0) is 13.9. The lowest BCUT2D eigenvalue weighted by Crippen LogP contribution is -1.97. The van der Waals surface area contributed by atoms with E-state index in [0.717, 1.165) is 16.6 Å². The minimum atomic E-state index is 0.534. The molecule has 1 aromatic heterocycles. The quantitative estimate of drug-likeness (QED) is 0.675. The summed E-state index contributed by atoms with van der Waals surface area (Å²) in [7, 11) is 1.91. The van der Waals surface area contributed by atoms with Crippen LogP contribution in [-0.4, -0.2) is 9.78 Å². The van der Waals surface area contributed by atoms with Gasteiger partial charge in [-0.25, -0.2) is 0 Å². The number of rotatable bonds is 4. The van der Waals surface area contributed by atoms with Crippen molar-refractivity contribution in [3.05, 3.63) is 59.9 Å². The normalized spacial score (nSPS) is 10.9. The maximum atomic E-state index is 5.95. The van der Waals surface area contributed by atoms with Crippen LogP contribution in [0.4, 0.5) is 0 Å². The number of fused-ring (bicyclic) bond motifs is 1. The van der Waals surface area contributed by atoms with Gasteiger partial charge in [0, 0.05) is 29.7 Å². The molecule has 0 unspecified atom stereocenters. The summed E-state index contributed by atoms with van der Waals surface area (Å²) in [6.07, 6.45) is 3.80. The molecule has 0 radical (unpaired) electrons. The molecular formula is C16H15BrN2O. The van der Waals surface area contributed by atoms with Crippen molar-refractivity contribution in [1.82, 2.24) is 9.78 Å². The molecule has 20 heavy (non-hydrogen) atoms. The molecule has 1 heterocycles. The molecule has 3 aromatic rings. The summed E-state index contributed by atoms with van der Waals surface area (Å²) in [4.78, 5) is 0. The van der Waals surface area contributed by atoms with E-state index in [1.165, 1.54) is 16.3 Å². The molecule has 0 N–H and O–H groups in total. The predicted octanol–water partition coefficient (Wildman–Crippen LogP) is 4.05. The first-order chi connectivity index (χ1) is 9.78. The Morgan fingerprint density at radius 3 is 2.80 bits per heavy atom. The first-order valence-electron chi connectivity index (χ1n) is 6.45. The lowest BCUT2D eigenvalue weighted by atomic mass is 10.0. The van der Waals surface area contributed by atoms with Crippen LogP contribution in [0.1, 0.15) is 11.1 Å². The number of halogens is 1. The predicted molar refractivity (Wildman–Crippen MR) is 84.1 cm³/mol. The van der Waals surface area contributed by atoms with Crippen LogP contribution in [0.15, 0.2) is 48.8 Å². The van der Waals surface area contributed by atoms with E-state index in [1.54, 1.807) is 4.68 Å². The minimum Gasteiger partial charge on any atom is -0.488 e. The van der Waals surface area contributed by atoms with Crippen molar-refractivity contribution in [2.24, 2.45) is 7.05 Å². The fourth-order valence-electron chi connectivity index (χ4n) is 2.30. The molecule has 0 spiro atoms. The van der Waals surface area contributed by atoms with Crippen molar-refractivity contribution in [3.63, 3.8) is 0 Å². The number of benzene rings is 2. The smallest absolute Gasteiger partial charge is 0.124 e. The number of hydrogen-bond acceptors (Lipinski definition) is 2. The highest BCUT2D eigenvalue weighted by molar-refractivity contribution is 9.08. The molecule has 0 saturated carbocycles. The fraction of sp³-hybridized carbons (Fsp3) is 0.188. The van der Waals surface area contributed by atoms with Gasteiger partial charge in [-0.2, -0.15) is 5.10 Å². The summed E-state index contributed by atoms with van der Waals surface area (Å²) in [6, 6.07) is 12.5.